The van der Waals surface area contributed by atoms with E-state index in [9.17, 15) is 14.4 Å². The Morgan fingerprint density at radius 3 is 2.35 bits per heavy atom. The van der Waals surface area contributed by atoms with Crippen molar-refractivity contribution in [2.45, 2.75) is 27.2 Å². The molecule has 0 radical (unpaired) electrons. The highest BCUT2D eigenvalue weighted by molar-refractivity contribution is 6.02. The maximum Gasteiger partial charge on any atom is 0.337 e. The fraction of sp³-hybridized carbons (Fsp3) is 0.438. The SMILES string of the molecule is COc1ccc(NC(=O)CNC(=O)CC(C)(C)C)c(C(=O)O)c1. The standard InChI is InChI=1S/C16H22N2O5/c1-16(2,3)8-13(19)17-9-14(20)18-12-6-5-10(23-4)7-11(12)15(21)22/h5-7H,8-9H2,1-4H3,(H,17,19)(H,18,20)(H,21,22). The van der Waals surface area contributed by atoms with Gasteiger partial charge in [-0.15, -0.1) is 0 Å². The third kappa shape index (κ3) is 6.37. The molecule has 0 saturated heterocycles. The van der Waals surface area contributed by atoms with Crippen molar-refractivity contribution >= 4 is 23.5 Å². The van der Waals surface area contributed by atoms with Crippen LogP contribution in [0, 0.1) is 5.41 Å². The Morgan fingerprint density at radius 1 is 1.17 bits per heavy atom. The first kappa shape index (κ1) is 18.5. The van der Waals surface area contributed by atoms with Gasteiger partial charge in [-0.1, -0.05) is 20.8 Å². The van der Waals surface area contributed by atoms with Gasteiger partial charge >= 0.3 is 5.97 Å². The minimum absolute atomic E-state index is 0.0845. The van der Waals surface area contributed by atoms with Gasteiger partial charge in [0.15, 0.2) is 0 Å². The van der Waals surface area contributed by atoms with Gasteiger partial charge in [-0.05, 0) is 23.6 Å². The quantitative estimate of drug-likeness (QED) is 0.742. The number of carboxylic acid groups (broad SMARTS) is 1. The molecular formula is C16H22N2O5. The monoisotopic (exact) mass is 322 g/mol. The third-order valence-corrected chi connectivity index (χ3v) is 2.87. The Morgan fingerprint density at radius 2 is 1.83 bits per heavy atom. The average molecular weight is 322 g/mol. The Labute approximate surface area is 135 Å². The highest BCUT2D eigenvalue weighted by Crippen LogP contribution is 2.22. The highest BCUT2D eigenvalue weighted by Gasteiger charge is 2.17. The van der Waals surface area contributed by atoms with E-state index in [1.54, 1.807) is 6.07 Å². The van der Waals surface area contributed by atoms with E-state index in [0.29, 0.717) is 12.2 Å². The second-order valence-corrected chi connectivity index (χ2v) is 6.28. The average Bonchev–Trinajstić information content (AvgIpc) is 2.43. The van der Waals surface area contributed by atoms with Crippen molar-refractivity contribution < 1.29 is 24.2 Å². The molecule has 0 unspecified atom stereocenters. The van der Waals surface area contributed by atoms with E-state index in [2.05, 4.69) is 10.6 Å². The van der Waals surface area contributed by atoms with E-state index in [-0.39, 0.29) is 29.1 Å². The van der Waals surface area contributed by atoms with Crippen LogP contribution < -0.4 is 15.4 Å². The smallest absolute Gasteiger partial charge is 0.337 e. The topological polar surface area (TPSA) is 105 Å². The van der Waals surface area contributed by atoms with Crippen LogP contribution in [0.2, 0.25) is 0 Å². The van der Waals surface area contributed by atoms with Crippen molar-refractivity contribution in [1.29, 1.82) is 0 Å². The molecule has 7 nitrogen and oxygen atoms in total. The van der Waals surface area contributed by atoms with Gasteiger partial charge in [0.2, 0.25) is 11.8 Å². The van der Waals surface area contributed by atoms with Crippen LogP contribution in [0.4, 0.5) is 5.69 Å². The molecule has 0 aliphatic carbocycles. The van der Waals surface area contributed by atoms with Crippen LogP contribution in [-0.2, 0) is 9.59 Å². The molecule has 0 saturated carbocycles. The maximum atomic E-state index is 11.9. The first-order valence-corrected chi connectivity index (χ1v) is 7.10. The van der Waals surface area contributed by atoms with Gasteiger partial charge in [-0.2, -0.15) is 0 Å². The maximum absolute atomic E-state index is 11.9. The van der Waals surface area contributed by atoms with Gasteiger partial charge in [-0.3, -0.25) is 9.59 Å². The first-order valence-electron chi connectivity index (χ1n) is 7.10. The molecule has 3 N–H and O–H groups in total. The summed E-state index contributed by atoms with van der Waals surface area (Å²) in [5.74, 6) is -1.55. The zero-order valence-electron chi connectivity index (χ0n) is 13.7. The minimum Gasteiger partial charge on any atom is -0.497 e. The summed E-state index contributed by atoms with van der Waals surface area (Å²) in [7, 11) is 1.42. The lowest BCUT2D eigenvalue weighted by molar-refractivity contribution is -0.125. The van der Waals surface area contributed by atoms with Crippen LogP contribution in [0.5, 0.6) is 5.75 Å². The Balaban J connectivity index is 2.67. The molecule has 0 aliphatic rings. The highest BCUT2D eigenvalue weighted by atomic mass is 16.5. The van der Waals surface area contributed by atoms with E-state index in [1.165, 1.54) is 19.2 Å². The summed E-state index contributed by atoms with van der Waals surface area (Å²) in [4.78, 5) is 34.8. The molecule has 1 aromatic rings. The van der Waals surface area contributed by atoms with Gasteiger partial charge in [0.05, 0.1) is 24.9 Å². The fourth-order valence-electron chi connectivity index (χ4n) is 1.85. The Hall–Kier alpha value is -2.57. The second kappa shape index (κ2) is 7.62. The number of methoxy groups -OCH3 is 1. The van der Waals surface area contributed by atoms with Crippen molar-refractivity contribution in [3.05, 3.63) is 23.8 Å². The summed E-state index contributed by atoms with van der Waals surface area (Å²) >= 11 is 0. The van der Waals surface area contributed by atoms with Gasteiger partial charge < -0.3 is 20.5 Å². The van der Waals surface area contributed by atoms with E-state index in [1.807, 2.05) is 20.8 Å². The first-order chi connectivity index (χ1) is 10.6. The summed E-state index contributed by atoms with van der Waals surface area (Å²) < 4.78 is 4.96. The minimum atomic E-state index is -1.18. The lowest BCUT2D eigenvalue weighted by Crippen LogP contribution is -2.34. The Kier molecular flexibility index (Phi) is 6.12. The molecule has 0 aliphatic heterocycles. The predicted molar refractivity (Wildman–Crippen MR) is 85.7 cm³/mol. The molecule has 1 rings (SSSR count). The van der Waals surface area contributed by atoms with Crippen molar-refractivity contribution in [2.75, 3.05) is 19.0 Å². The number of hydrogen-bond donors (Lipinski definition) is 3. The third-order valence-electron chi connectivity index (χ3n) is 2.87. The van der Waals surface area contributed by atoms with Crippen LogP contribution in [0.3, 0.4) is 0 Å². The number of benzene rings is 1. The molecule has 23 heavy (non-hydrogen) atoms. The molecule has 0 heterocycles. The number of ether oxygens (including phenoxy) is 1. The van der Waals surface area contributed by atoms with Gasteiger partial charge in [0.1, 0.15) is 5.75 Å². The predicted octanol–water partition coefficient (Wildman–Crippen LogP) is 1.88. The number of carboxylic acids is 1. The molecule has 2 amide bonds. The number of carbonyl (C=O) groups excluding carboxylic acids is 2. The van der Waals surface area contributed by atoms with E-state index < -0.39 is 11.9 Å². The van der Waals surface area contributed by atoms with Crippen molar-refractivity contribution in [2.24, 2.45) is 5.41 Å². The summed E-state index contributed by atoms with van der Waals surface area (Å²) in [6.07, 6.45) is 0.295. The number of carbonyl (C=O) groups is 3. The van der Waals surface area contributed by atoms with Crippen LogP contribution in [-0.4, -0.2) is 36.5 Å². The molecule has 7 heteroatoms. The fourth-order valence-corrected chi connectivity index (χ4v) is 1.85. The van der Waals surface area contributed by atoms with E-state index in [4.69, 9.17) is 9.84 Å². The van der Waals surface area contributed by atoms with Crippen molar-refractivity contribution in [1.82, 2.24) is 5.32 Å². The number of hydrogen-bond acceptors (Lipinski definition) is 4. The molecule has 0 spiro atoms. The molecule has 126 valence electrons. The summed E-state index contributed by atoms with van der Waals surface area (Å²) in [6.45, 7) is 5.54. The number of anilines is 1. The lowest BCUT2D eigenvalue weighted by Gasteiger charge is -2.17. The number of amides is 2. The number of nitrogens with one attached hydrogen (secondary N) is 2. The van der Waals surface area contributed by atoms with Gasteiger partial charge in [-0.25, -0.2) is 4.79 Å². The summed E-state index contributed by atoms with van der Waals surface area (Å²) in [5, 5.41) is 14.1. The molecular weight excluding hydrogens is 300 g/mol. The second-order valence-electron chi connectivity index (χ2n) is 6.28. The summed E-state index contributed by atoms with van der Waals surface area (Å²) in [6, 6.07) is 4.30. The molecule has 0 fully saturated rings. The molecule has 0 bridgehead atoms. The number of aromatic carboxylic acids is 1. The van der Waals surface area contributed by atoms with E-state index >= 15 is 0 Å². The molecule has 0 atom stereocenters. The molecule has 1 aromatic carbocycles. The Bertz CT molecular complexity index is 605. The zero-order valence-corrected chi connectivity index (χ0v) is 13.7. The van der Waals surface area contributed by atoms with Gasteiger partial charge in [0, 0.05) is 6.42 Å². The van der Waals surface area contributed by atoms with Gasteiger partial charge in [0.25, 0.3) is 0 Å². The van der Waals surface area contributed by atoms with E-state index in [0.717, 1.165) is 0 Å². The zero-order chi connectivity index (χ0) is 17.6. The number of rotatable bonds is 6. The normalized spacial score (nSPS) is 10.8. The summed E-state index contributed by atoms with van der Waals surface area (Å²) in [5.41, 5.74) is -0.111. The van der Waals surface area contributed by atoms with Crippen LogP contribution >= 0.6 is 0 Å². The lowest BCUT2D eigenvalue weighted by atomic mass is 9.92. The van der Waals surface area contributed by atoms with Crippen LogP contribution in [0.15, 0.2) is 18.2 Å². The van der Waals surface area contributed by atoms with Crippen LogP contribution in [0.1, 0.15) is 37.6 Å². The van der Waals surface area contributed by atoms with Crippen molar-refractivity contribution in [3.63, 3.8) is 0 Å². The van der Waals surface area contributed by atoms with Crippen LogP contribution in [0.25, 0.3) is 0 Å². The van der Waals surface area contributed by atoms with Crippen molar-refractivity contribution in [3.8, 4) is 5.75 Å². The molecule has 0 aromatic heterocycles. The largest absolute Gasteiger partial charge is 0.497 e.